The van der Waals surface area contributed by atoms with Crippen LogP contribution in [0.4, 0.5) is 17.1 Å². The molecule has 0 radical (unpaired) electrons. The first-order chi connectivity index (χ1) is 12.3. The molecule has 0 aromatic heterocycles. The molecule has 1 atom stereocenters. The average molecular weight is 616 g/mol. The molecule has 0 amide bonds. The molecular formula is C22H25Cl3IrN2. The maximum absolute atomic E-state index is 2.37. The van der Waals surface area contributed by atoms with Gasteiger partial charge in [-0.15, -0.1) is 0 Å². The van der Waals surface area contributed by atoms with Gasteiger partial charge in [0.05, 0.1) is 0 Å². The zero-order valence-electron chi connectivity index (χ0n) is 15.8. The molecule has 1 aliphatic heterocycles. The molecule has 28 heavy (non-hydrogen) atoms. The number of halogens is 3. The average Bonchev–Trinajstić information content (AvgIpc) is 2.87. The quantitative estimate of drug-likeness (QED) is 0.334. The minimum absolute atomic E-state index is 0. The molecule has 2 nitrogen and oxygen atoms in total. The van der Waals surface area contributed by atoms with Gasteiger partial charge >= 0.3 is 112 Å². The molecule has 0 bridgehead atoms. The van der Waals surface area contributed by atoms with Crippen LogP contribution in [0.3, 0.4) is 0 Å². The van der Waals surface area contributed by atoms with E-state index in [9.17, 15) is 0 Å². The van der Waals surface area contributed by atoms with E-state index in [-0.39, 0.29) is 37.2 Å². The van der Waals surface area contributed by atoms with Crippen LogP contribution in [-0.2, 0) is 18.9 Å². The zero-order valence-corrected chi connectivity index (χ0v) is 20.4. The number of benzene rings is 2. The fourth-order valence-corrected chi connectivity index (χ4v) is 4.10. The molecule has 0 saturated heterocycles. The van der Waals surface area contributed by atoms with E-state index >= 15 is 0 Å². The molecule has 4 rings (SSSR count). The molecule has 0 spiro atoms. The number of rotatable bonds is 1. The van der Waals surface area contributed by atoms with Gasteiger partial charge in [-0.1, -0.05) is 24.3 Å². The van der Waals surface area contributed by atoms with Crippen LogP contribution >= 0.6 is 0 Å². The molecule has 2 aliphatic rings. The minimum atomic E-state index is 0. The molecule has 2 aromatic rings. The molecule has 2 aromatic carbocycles. The van der Waals surface area contributed by atoms with Crippen LogP contribution in [-0.4, -0.2) is 11.7 Å². The predicted molar refractivity (Wildman–Crippen MR) is 104 cm³/mol. The van der Waals surface area contributed by atoms with E-state index in [0.29, 0.717) is 4.68 Å². The van der Waals surface area contributed by atoms with Gasteiger partial charge in [-0.3, -0.25) is 0 Å². The van der Waals surface area contributed by atoms with Crippen molar-refractivity contribution in [2.45, 2.75) is 30.4 Å². The van der Waals surface area contributed by atoms with Gasteiger partial charge in [-0.05, 0) is 25.7 Å². The molecule has 1 aliphatic carbocycles. The second-order valence-electron chi connectivity index (χ2n) is 6.23. The Morgan fingerprint density at radius 1 is 0.750 bits per heavy atom. The summed E-state index contributed by atoms with van der Waals surface area (Å²) in [6.07, 6.45) is 14.0. The van der Waals surface area contributed by atoms with Crippen LogP contribution in [0.5, 0.6) is 0 Å². The summed E-state index contributed by atoms with van der Waals surface area (Å²) >= 11 is 2.23. The van der Waals surface area contributed by atoms with Crippen molar-refractivity contribution in [3.05, 3.63) is 78.9 Å². The van der Waals surface area contributed by atoms with Gasteiger partial charge in [0.2, 0.25) is 0 Å². The Bertz CT molecular complexity index is 724. The minimum Gasteiger partial charge on any atom is -1.00 e. The van der Waals surface area contributed by atoms with Crippen LogP contribution in [0.1, 0.15) is 25.7 Å². The first kappa shape index (κ1) is 27.0. The van der Waals surface area contributed by atoms with E-state index < -0.39 is 0 Å². The van der Waals surface area contributed by atoms with E-state index in [0.717, 1.165) is 0 Å². The van der Waals surface area contributed by atoms with Crippen molar-refractivity contribution in [2.24, 2.45) is 0 Å². The molecule has 1 heterocycles. The summed E-state index contributed by atoms with van der Waals surface area (Å²) in [6, 6.07) is 19.1. The summed E-state index contributed by atoms with van der Waals surface area (Å²) in [6.45, 7) is 0. The van der Waals surface area contributed by atoms with E-state index in [4.69, 9.17) is 0 Å². The summed E-state index contributed by atoms with van der Waals surface area (Å²) < 4.78 is 0.356. The van der Waals surface area contributed by atoms with Crippen molar-refractivity contribution in [1.29, 1.82) is 0 Å². The van der Waals surface area contributed by atoms with E-state index in [1.165, 1.54) is 42.7 Å². The van der Waals surface area contributed by atoms with Gasteiger partial charge in [0.25, 0.3) is 0 Å². The van der Waals surface area contributed by atoms with Crippen molar-refractivity contribution in [2.75, 3.05) is 16.8 Å². The van der Waals surface area contributed by atoms with E-state index in [2.05, 4.69) is 115 Å². The second-order valence-corrected chi connectivity index (χ2v) is 7.47. The molecule has 1 unspecified atom stereocenters. The fourth-order valence-electron chi connectivity index (χ4n) is 3.07. The Labute approximate surface area is 198 Å². The van der Waals surface area contributed by atoms with Crippen molar-refractivity contribution in [1.82, 2.24) is 0 Å². The Morgan fingerprint density at radius 3 is 1.82 bits per heavy atom. The summed E-state index contributed by atoms with van der Waals surface area (Å²) in [7, 11) is 2.15. The maximum atomic E-state index is 2.37. The maximum Gasteiger partial charge on any atom is -1.00 e. The zero-order chi connectivity index (χ0) is 17.5. The summed E-state index contributed by atoms with van der Waals surface area (Å²) in [5.41, 5.74) is 3.83. The largest absolute Gasteiger partial charge is 1.00 e. The number of nitrogens with zero attached hydrogens (tertiary/aromatic N) is 2. The van der Waals surface area contributed by atoms with Gasteiger partial charge in [0, 0.05) is 0 Å². The van der Waals surface area contributed by atoms with Crippen molar-refractivity contribution in [3.63, 3.8) is 0 Å². The second kappa shape index (κ2) is 14.1. The number of hydrogen-bond donors (Lipinski definition) is 0. The van der Waals surface area contributed by atoms with Gasteiger partial charge in [-0.2, -0.15) is 0 Å². The van der Waals surface area contributed by atoms with Crippen molar-refractivity contribution < 1.29 is 56.1 Å². The summed E-state index contributed by atoms with van der Waals surface area (Å²) in [5.74, 6) is 0. The van der Waals surface area contributed by atoms with Gasteiger partial charge in [0.1, 0.15) is 0 Å². The molecule has 6 heteroatoms. The topological polar surface area (TPSA) is 6.48 Å². The molecular weight excluding hydrogens is 591 g/mol. The smallest absolute Gasteiger partial charge is 1.00 e. The molecule has 0 N–H and O–H groups in total. The number of allylic oxidation sites excluding steroid dienone is 4. The first-order valence-corrected chi connectivity index (χ1v) is 10.3. The van der Waals surface area contributed by atoms with Gasteiger partial charge in [0.15, 0.2) is 0 Å². The van der Waals surface area contributed by atoms with Gasteiger partial charge in [-0.25, -0.2) is 0 Å². The number of fused-ring (bicyclic) bond motifs is 1. The Kier molecular flexibility index (Phi) is 13.6. The fraction of sp³-hybridized carbons (Fsp3) is 0.273. The summed E-state index contributed by atoms with van der Waals surface area (Å²) in [5, 5.41) is 0. The van der Waals surface area contributed by atoms with Crippen LogP contribution in [0.15, 0.2) is 78.9 Å². The van der Waals surface area contributed by atoms with Crippen molar-refractivity contribution >= 4 is 17.1 Å². The van der Waals surface area contributed by atoms with Crippen LogP contribution < -0.4 is 47.0 Å². The van der Waals surface area contributed by atoms with Crippen LogP contribution in [0, 0.1) is 0 Å². The Hall–Kier alpha value is -0.961. The Balaban J connectivity index is 0.000000574. The van der Waals surface area contributed by atoms with Crippen LogP contribution in [0.25, 0.3) is 0 Å². The normalized spacial score (nSPS) is 19.1. The predicted octanol–water partition coefficient (Wildman–Crippen LogP) is -3.21. The van der Waals surface area contributed by atoms with Crippen LogP contribution in [0.2, 0.25) is 0 Å². The number of para-hydroxylation sites is 3. The third-order valence-corrected chi connectivity index (χ3v) is 5.98. The van der Waals surface area contributed by atoms with E-state index in [1.54, 1.807) is 0 Å². The van der Waals surface area contributed by atoms with Crippen molar-refractivity contribution in [3.8, 4) is 0 Å². The monoisotopic (exact) mass is 615 g/mol. The Morgan fingerprint density at radius 2 is 1.25 bits per heavy atom. The first-order valence-electron chi connectivity index (χ1n) is 8.88. The number of hydrogen-bond acceptors (Lipinski definition) is 2. The number of anilines is 3. The summed E-state index contributed by atoms with van der Waals surface area (Å²) in [4.78, 5) is 4.68. The van der Waals surface area contributed by atoms with Gasteiger partial charge < -0.3 is 37.2 Å². The SMILES string of the molecule is C1=C\CCCC\C=C/1.CN1c2ccccc2N(c2ccccc2)[CH]1[Ir+3].[Cl-].[Cl-].[Cl-]. The molecule has 0 saturated carbocycles. The standard InChI is InChI=1S/C14H13N2.C8H12.3ClH.Ir/c1-15-11-16(12-7-3-2-4-8-12)14-10-6-5-9-13(14)15;1-2-4-6-8-7-5-3-1;;;;/h2-11H,1H3;1-4H,5-8H2;3*1H;/q;;;;;+3/p-3/b;3-1-,4-2-;;;;. The van der Waals surface area contributed by atoms with E-state index in [1.807, 2.05) is 0 Å². The molecule has 153 valence electrons. The molecule has 0 fully saturated rings. The third-order valence-electron chi connectivity index (χ3n) is 4.43. The third kappa shape index (κ3) is 6.83.